The highest BCUT2D eigenvalue weighted by Gasteiger charge is 2.30. The van der Waals surface area contributed by atoms with Gasteiger partial charge in [0.05, 0.1) is 5.56 Å². The standard InChI is InChI=1S/C22H16Cl2F3NO/c23-17-7-1-14(2-8-17)20(15-3-9-18(24)10-4-15)13-21(29)28-19-11-5-16(6-12-19)22(25,26)27/h1-12,20H,13H2,(H,28,29). The van der Waals surface area contributed by atoms with Crippen LogP contribution in [0.4, 0.5) is 18.9 Å². The molecule has 0 atom stereocenters. The van der Waals surface area contributed by atoms with Gasteiger partial charge in [0.25, 0.3) is 0 Å². The van der Waals surface area contributed by atoms with Gasteiger partial charge in [-0.05, 0) is 59.7 Å². The highest BCUT2D eigenvalue weighted by molar-refractivity contribution is 6.30. The maximum Gasteiger partial charge on any atom is 0.416 e. The Morgan fingerprint density at radius 1 is 0.793 bits per heavy atom. The second-order valence-corrected chi connectivity index (χ2v) is 7.36. The minimum Gasteiger partial charge on any atom is -0.326 e. The third-order valence-electron chi connectivity index (χ3n) is 4.43. The molecular weight excluding hydrogens is 422 g/mol. The molecule has 0 aromatic heterocycles. The van der Waals surface area contributed by atoms with Crippen molar-refractivity contribution in [2.45, 2.75) is 18.5 Å². The molecule has 3 rings (SSSR count). The lowest BCUT2D eigenvalue weighted by atomic mass is 9.88. The second-order valence-electron chi connectivity index (χ2n) is 6.48. The van der Waals surface area contributed by atoms with Crippen molar-refractivity contribution in [2.24, 2.45) is 0 Å². The van der Waals surface area contributed by atoms with E-state index >= 15 is 0 Å². The van der Waals surface area contributed by atoms with E-state index in [1.807, 2.05) is 24.3 Å². The summed E-state index contributed by atoms with van der Waals surface area (Å²) >= 11 is 11.9. The van der Waals surface area contributed by atoms with Gasteiger partial charge in [-0.15, -0.1) is 0 Å². The molecule has 3 aromatic rings. The molecule has 0 unspecified atom stereocenters. The fraction of sp³-hybridized carbons (Fsp3) is 0.136. The maximum absolute atomic E-state index is 12.7. The summed E-state index contributed by atoms with van der Waals surface area (Å²) in [4.78, 5) is 12.6. The molecule has 7 heteroatoms. The molecule has 0 spiro atoms. The largest absolute Gasteiger partial charge is 0.416 e. The van der Waals surface area contributed by atoms with Crippen molar-refractivity contribution in [3.05, 3.63) is 99.5 Å². The van der Waals surface area contributed by atoms with Crippen molar-refractivity contribution in [2.75, 3.05) is 5.32 Å². The van der Waals surface area contributed by atoms with E-state index in [0.717, 1.165) is 23.3 Å². The summed E-state index contributed by atoms with van der Waals surface area (Å²) in [6.07, 6.45) is -4.32. The first-order chi connectivity index (χ1) is 13.7. The van der Waals surface area contributed by atoms with E-state index in [0.29, 0.717) is 15.7 Å². The fourth-order valence-electron chi connectivity index (χ4n) is 2.96. The molecule has 3 aromatic carbocycles. The Kier molecular flexibility index (Phi) is 6.50. The Bertz CT molecular complexity index is 923. The smallest absolute Gasteiger partial charge is 0.326 e. The van der Waals surface area contributed by atoms with Crippen LogP contribution < -0.4 is 5.32 Å². The maximum atomic E-state index is 12.7. The van der Waals surface area contributed by atoms with Crippen LogP contribution in [0.2, 0.25) is 10.0 Å². The van der Waals surface area contributed by atoms with E-state index in [2.05, 4.69) is 5.32 Å². The van der Waals surface area contributed by atoms with Crippen LogP contribution in [0.5, 0.6) is 0 Å². The van der Waals surface area contributed by atoms with Crippen molar-refractivity contribution < 1.29 is 18.0 Å². The monoisotopic (exact) mass is 437 g/mol. The third-order valence-corrected chi connectivity index (χ3v) is 4.93. The van der Waals surface area contributed by atoms with Gasteiger partial charge >= 0.3 is 6.18 Å². The van der Waals surface area contributed by atoms with Gasteiger partial charge in [-0.3, -0.25) is 4.79 Å². The van der Waals surface area contributed by atoms with Gasteiger partial charge in [0.1, 0.15) is 0 Å². The molecule has 0 aliphatic carbocycles. The fourth-order valence-corrected chi connectivity index (χ4v) is 3.21. The number of rotatable bonds is 5. The molecule has 0 aliphatic rings. The number of alkyl halides is 3. The number of carbonyl (C=O) groups excluding carboxylic acids is 1. The van der Waals surface area contributed by atoms with Gasteiger partial charge in [0.15, 0.2) is 0 Å². The van der Waals surface area contributed by atoms with Crippen LogP contribution in [0.1, 0.15) is 29.0 Å². The highest BCUT2D eigenvalue weighted by atomic mass is 35.5. The predicted molar refractivity (Wildman–Crippen MR) is 109 cm³/mol. The van der Waals surface area contributed by atoms with Gasteiger partial charge < -0.3 is 5.32 Å². The van der Waals surface area contributed by atoms with Gasteiger partial charge in [-0.2, -0.15) is 13.2 Å². The van der Waals surface area contributed by atoms with Crippen LogP contribution >= 0.6 is 23.2 Å². The van der Waals surface area contributed by atoms with Crippen LogP contribution in [-0.2, 0) is 11.0 Å². The molecule has 0 fully saturated rings. The summed E-state index contributed by atoms with van der Waals surface area (Å²) in [5, 5.41) is 3.82. The Balaban J connectivity index is 1.79. The van der Waals surface area contributed by atoms with E-state index in [-0.39, 0.29) is 18.2 Å². The third kappa shape index (κ3) is 5.75. The summed E-state index contributed by atoms with van der Waals surface area (Å²) in [6, 6.07) is 18.7. The molecule has 0 aliphatic heterocycles. The van der Waals surface area contributed by atoms with Crippen LogP contribution in [0.15, 0.2) is 72.8 Å². The van der Waals surface area contributed by atoms with Crippen molar-refractivity contribution in [3.63, 3.8) is 0 Å². The number of amides is 1. The molecular formula is C22H16Cl2F3NO. The van der Waals surface area contributed by atoms with Gasteiger partial charge in [-0.25, -0.2) is 0 Å². The van der Waals surface area contributed by atoms with Crippen LogP contribution in [-0.4, -0.2) is 5.91 Å². The number of hydrogen-bond acceptors (Lipinski definition) is 1. The van der Waals surface area contributed by atoms with Crippen LogP contribution in [0.25, 0.3) is 0 Å². The van der Waals surface area contributed by atoms with E-state index in [1.165, 1.54) is 12.1 Å². The molecule has 0 bridgehead atoms. The van der Waals surface area contributed by atoms with Gasteiger partial charge in [0.2, 0.25) is 5.91 Å². The number of halogens is 5. The average molecular weight is 438 g/mol. The van der Waals surface area contributed by atoms with Crippen molar-refractivity contribution >= 4 is 34.8 Å². The number of carbonyl (C=O) groups is 1. The first kappa shape index (κ1) is 21.2. The zero-order chi connectivity index (χ0) is 21.0. The Morgan fingerprint density at radius 3 is 1.66 bits per heavy atom. The number of nitrogens with one attached hydrogen (secondary N) is 1. The molecule has 0 radical (unpaired) electrons. The highest BCUT2D eigenvalue weighted by Crippen LogP contribution is 2.32. The molecule has 1 N–H and O–H groups in total. The molecule has 29 heavy (non-hydrogen) atoms. The first-order valence-corrected chi connectivity index (χ1v) is 9.46. The second kappa shape index (κ2) is 8.89. The van der Waals surface area contributed by atoms with Crippen molar-refractivity contribution in [1.29, 1.82) is 0 Å². The Morgan fingerprint density at radius 2 is 1.24 bits per heavy atom. The summed E-state index contributed by atoms with van der Waals surface area (Å²) in [5.74, 6) is -0.585. The molecule has 0 heterocycles. The quantitative estimate of drug-likeness (QED) is 0.450. The molecule has 0 saturated heterocycles. The average Bonchev–Trinajstić information content (AvgIpc) is 2.67. The Labute approximate surface area is 176 Å². The zero-order valence-electron chi connectivity index (χ0n) is 15.0. The number of anilines is 1. The van der Waals surface area contributed by atoms with Crippen LogP contribution in [0.3, 0.4) is 0 Å². The van der Waals surface area contributed by atoms with E-state index < -0.39 is 11.7 Å². The molecule has 2 nitrogen and oxygen atoms in total. The lowest BCUT2D eigenvalue weighted by Crippen LogP contribution is -2.16. The lowest BCUT2D eigenvalue weighted by molar-refractivity contribution is -0.137. The summed E-state index contributed by atoms with van der Waals surface area (Å²) in [5.41, 5.74) is 1.31. The number of benzene rings is 3. The summed E-state index contributed by atoms with van der Waals surface area (Å²) in [7, 11) is 0. The van der Waals surface area contributed by atoms with E-state index in [9.17, 15) is 18.0 Å². The SMILES string of the molecule is O=C(CC(c1ccc(Cl)cc1)c1ccc(Cl)cc1)Nc1ccc(C(F)(F)F)cc1. The minimum absolute atomic E-state index is 0.101. The zero-order valence-corrected chi connectivity index (χ0v) is 16.5. The Hall–Kier alpha value is -2.50. The normalized spacial score (nSPS) is 11.5. The molecule has 150 valence electrons. The summed E-state index contributed by atoms with van der Waals surface area (Å²) < 4.78 is 38.0. The van der Waals surface area contributed by atoms with Crippen LogP contribution in [0, 0.1) is 0 Å². The number of hydrogen-bond donors (Lipinski definition) is 1. The van der Waals surface area contributed by atoms with Gasteiger partial charge in [-0.1, -0.05) is 47.5 Å². The predicted octanol–water partition coefficient (Wildman–Crippen LogP) is 7.17. The van der Waals surface area contributed by atoms with E-state index in [1.54, 1.807) is 24.3 Å². The molecule has 0 saturated carbocycles. The van der Waals surface area contributed by atoms with Gasteiger partial charge in [0, 0.05) is 28.1 Å². The minimum atomic E-state index is -4.42. The lowest BCUT2D eigenvalue weighted by Gasteiger charge is -2.18. The first-order valence-electron chi connectivity index (χ1n) is 8.70. The van der Waals surface area contributed by atoms with Crippen molar-refractivity contribution in [3.8, 4) is 0 Å². The van der Waals surface area contributed by atoms with E-state index in [4.69, 9.17) is 23.2 Å². The molecule has 1 amide bonds. The topological polar surface area (TPSA) is 29.1 Å². The van der Waals surface area contributed by atoms with Crippen molar-refractivity contribution in [1.82, 2.24) is 0 Å². The summed E-state index contributed by atoms with van der Waals surface area (Å²) in [6.45, 7) is 0.